The van der Waals surface area contributed by atoms with Gasteiger partial charge in [-0.05, 0) is 56.4 Å². The van der Waals surface area contributed by atoms with Gasteiger partial charge in [0.25, 0.3) is 0 Å². The van der Waals surface area contributed by atoms with Crippen molar-refractivity contribution in [2.75, 3.05) is 25.5 Å². The van der Waals surface area contributed by atoms with Gasteiger partial charge in [-0.15, -0.1) is 14.8 Å². The molecule has 2 heterocycles. The topological polar surface area (TPSA) is 71.2 Å². The molecule has 0 aliphatic rings. The van der Waals surface area contributed by atoms with Gasteiger partial charge >= 0.3 is 0 Å². The van der Waals surface area contributed by atoms with Crippen LogP contribution in [0.3, 0.4) is 0 Å². The second-order valence-electron chi connectivity index (χ2n) is 4.60. The molecule has 1 N–H and O–H groups in total. The fourth-order valence-electron chi connectivity index (χ4n) is 1.55. The van der Waals surface area contributed by atoms with Crippen molar-refractivity contribution in [2.24, 2.45) is 0 Å². The van der Waals surface area contributed by atoms with E-state index < -0.39 is 0 Å². The van der Waals surface area contributed by atoms with Crippen molar-refractivity contribution in [3.63, 3.8) is 0 Å². The van der Waals surface area contributed by atoms with E-state index in [9.17, 15) is 0 Å². The van der Waals surface area contributed by atoms with E-state index in [1.807, 2.05) is 12.1 Å². The highest BCUT2D eigenvalue weighted by Crippen LogP contribution is 2.03. The summed E-state index contributed by atoms with van der Waals surface area (Å²) in [4.78, 5) is 2.32. The molecule has 98 valence electrons. The van der Waals surface area contributed by atoms with E-state index in [4.69, 9.17) is 0 Å². The average molecular weight is 249 g/mol. The molecule has 0 fully saturated rings. The highest BCUT2D eigenvalue weighted by Gasteiger charge is 2.03. The molecule has 0 bridgehead atoms. The van der Waals surface area contributed by atoms with E-state index in [0.29, 0.717) is 11.7 Å². The molecular formula is C11H19N7. The van der Waals surface area contributed by atoms with Crippen LogP contribution in [0.25, 0.3) is 5.65 Å². The number of nitrogens with one attached hydrogen (secondary N) is 1. The van der Waals surface area contributed by atoms with Crippen LogP contribution < -0.4 is 5.32 Å². The lowest BCUT2D eigenvalue weighted by atomic mass is 10.3. The first-order valence-corrected chi connectivity index (χ1v) is 6.16. The van der Waals surface area contributed by atoms with E-state index in [-0.39, 0.29) is 0 Å². The molecule has 0 radical (unpaired) electrons. The number of hydrogen-bond donors (Lipinski definition) is 1. The molecule has 0 aliphatic heterocycles. The largest absolute Gasteiger partial charge is 0.369 e. The average Bonchev–Trinajstić information content (AvgIpc) is 2.81. The van der Waals surface area contributed by atoms with Gasteiger partial charge in [0.15, 0.2) is 5.65 Å². The van der Waals surface area contributed by atoms with Crippen LogP contribution in [-0.4, -0.2) is 56.3 Å². The zero-order valence-electron chi connectivity index (χ0n) is 11.0. The van der Waals surface area contributed by atoms with E-state index in [1.54, 1.807) is 0 Å². The maximum Gasteiger partial charge on any atom is 0.200 e. The fraction of sp³-hybridized carbons (Fsp3) is 0.636. The summed E-state index contributed by atoms with van der Waals surface area (Å²) in [6.07, 6.45) is 1.07. The lowest BCUT2D eigenvalue weighted by Crippen LogP contribution is -2.28. The van der Waals surface area contributed by atoms with Crippen molar-refractivity contribution in [1.29, 1.82) is 0 Å². The van der Waals surface area contributed by atoms with E-state index in [0.717, 1.165) is 25.3 Å². The van der Waals surface area contributed by atoms with Gasteiger partial charge in [0.05, 0.1) is 0 Å². The van der Waals surface area contributed by atoms with Crippen LogP contribution in [0, 0.1) is 0 Å². The summed E-state index contributed by atoms with van der Waals surface area (Å²) in [5, 5.41) is 18.6. The molecular weight excluding hydrogens is 230 g/mol. The Balaban J connectivity index is 1.79. The lowest BCUT2D eigenvalue weighted by Gasteiger charge is -2.20. The highest BCUT2D eigenvalue weighted by molar-refractivity contribution is 5.41. The minimum atomic E-state index is 0.584. The normalized spacial score (nSPS) is 11.6. The molecule has 2 rings (SSSR count). The van der Waals surface area contributed by atoms with Crippen LogP contribution in [0.15, 0.2) is 12.1 Å². The third-order valence-corrected chi connectivity index (χ3v) is 2.94. The molecule has 2 aromatic heterocycles. The fourth-order valence-corrected chi connectivity index (χ4v) is 1.55. The van der Waals surface area contributed by atoms with Gasteiger partial charge in [-0.25, -0.2) is 0 Å². The summed E-state index contributed by atoms with van der Waals surface area (Å²) in [6.45, 7) is 6.34. The number of anilines is 1. The van der Waals surface area contributed by atoms with Crippen molar-refractivity contribution in [1.82, 2.24) is 30.2 Å². The molecule has 7 heteroatoms. The van der Waals surface area contributed by atoms with E-state index >= 15 is 0 Å². The maximum atomic E-state index is 4.24. The third kappa shape index (κ3) is 3.13. The first-order valence-electron chi connectivity index (χ1n) is 6.16. The van der Waals surface area contributed by atoms with Crippen LogP contribution in [0.1, 0.15) is 20.3 Å². The molecule has 0 saturated heterocycles. The van der Waals surface area contributed by atoms with Crippen LogP contribution >= 0.6 is 0 Å². The minimum Gasteiger partial charge on any atom is -0.369 e. The van der Waals surface area contributed by atoms with Crippen molar-refractivity contribution in [2.45, 2.75) is 26.3 Å². The Bertz CT molecular complexity index is 493. The molecule has 0 aromatic carbocycles. The van der Waals surface area contributed by atoms with Crippen LogP contribution in [-0.2, 0) is 0 Å². The molecule has 7 nitrogen and oxygen atoms in total. The zero-order valence-corrected chi connectivity index (χ0v) is 11.0. The first kappa shape index (κ1) is 12.7. The number of hydrogen-bond acceptors (Lipinski definition) is 6. The Kier molecular flexibility index (Phi) is 4.03. The van der Waals surface area contributed by atoms with Crippen LogP contribution in [0.5, 0.6) is 0 Å². The van der Waals surface area contributed by atoms with Gasteiger partial charge in [-0.3, -0.25) is 0 Å². The first-order chi connectivity index (χ1) is 8.66. The third-order valence-electron chi connectivity index (χ3n) is 2.94. The van der Waals surface area contributed by atoms with E-state index in [1.165, 1.54) is 4.63 Å². The maximum absolute atomic E-state index is 4.24. The van der Waals surface area contributed by atoms with Crippen molar-refractivity contribution in [3.05, 3.63) is 12.1 Å². The highest BCUT2D eigenvalue weighted by atomic mass is 15.6. The summed E-state index contributed by atoms with van der Waals surface area (Å²) in [6, 6.07) is 4.31. The second kappa shape index (κ2) is 5.72. The van der Waals surface area contributed by atoms with Gasteiger partial charge in [-0.1, -0.05) is 0 Å². The predicted molar refractivity (Wildman–Crippen MR) is 69.4 cm³/mol. The Morgan fingerprint density at radius 2 is 2.22 bits per heavy atom. The summed E-state index contributed by atoms with van der Waals surface area (Å²) in [7, 11) is 2.13. The number of tetrazole rings is 1. The SMILES string of the molecule is CC(C)N(C)CCCNc1ccc2nnnn2n1. The molecule has 0 saturated carbocycles. The standard InChI is InChI=1S/C11H19N7/c1-9(2)17(3)8-4-7-12-10-5-6-11-13-15-16-18(11)14-10/h5-6,9H,4,7-8H2,1-3H3,(H,12,14). The molecule has 2 aromatic rings. The summed E-state index contributed by atoms with van der Waals surface area (Å²) in [5.74, 6) is 0.794. The Morgan fingerprint density at radius 1 is 1.39 bits per heavy atom. The number of aromatic nitrogens is 5. The monoisotopic (exact) mass is 249 g/mol. The molecule has 0 unspecified atom stereocenters. The van der Waals surface area contributed by atoms with Crippen LogP contribution in [0.2, 0.25) is 0 Å². The lowest BCUT2D eigenvalue weighted by molar-refractivity contribution is 0.273. The Labute approximate surface area is 106 Å². The molecule has 0 atom stereocenters. The zero-order chi connectivity index (χ0) is 13.0. The smallest absolute Gasteiger partial charge is 0.200 e. The van der Waals surface area contributed by atoms with Crippen molar-refractivity contribution in [3.8, 4) is 0 Å². The van der Waals surface area contributed by atoms with Crippen LogP contribution in [0.4, 0.5) is 5.82 Å². The van der Waals surface area contributed by atoms with Gasteiger partial charge in [0.2, 0.25) is 0 Å². The minimum absolute atomic E-state index is 0.584. The molecule has 0 spiro atoms. The molecule has 18 heavy (non-hydrogen) atoms. The predicted octanol–water partition coefficient (Wildman–Crippen LogP) is 0.661. The van der Waals surface area contributed by atoms with Crippen molar-refractivity contribution >= 4 is 11.5 Å². The molecule has 0 amide bonds. The quantitative estimate of drug-likeness (QED) is 0.758. The number of fused-ring (bicyclic) bond motifs is 1. The molecule has 0 aliphatic carbocycles. The summed E-state index contributed by atoms with van der Waals surface area (Å²) < 4.78 is 1.42. The van der Waals surface area contributed by atoms with Gasteiger partial charge in [0, 0.05) is 12.6 Å². The summed E-state index contributed by atoms with van der Waals surface area (Å²) in [5.41, 5.74) is 0.653. The van der Waals surface area contributed by atoms with Gasteiger partial charge in [-0.2, -0.15) is 0 Å². The van der Waals surface area contributed by atoms with Crippen molar-refractivity contribution < 1.29 is 0 Å². The number of rotatable bonds is 6. The van der Waals surface area contributed by atoms with Gasteiger partial charge in [0.1, 0.15) is 5.82 Å². The van der Waals surface area contributed by atoms with E-state index in [2.05, 4.69) is 51.7 Å². The second-order valence-corrected chi connectivity index (χ2v) is 4.60. The van der Waals surface area contributed by atoms with Gasteiger partial charge < -0.3 is 10.2 Å². The Morgan fingerprint density at radius 3 is 3.00 bits per heavy atom. The summed E-state index contributed by atoms with van der Waals surface area (Å²) >= 11 is 0. The number of nitrogens with zero attached hydrogens (tertiary/aromatic N) is 6. The Hall–Kier alpha value is -1.76.